The number of thioether (sulfide) groups is 1. The molecular formula is C22H37IN4S. The average Bonchev–Trinajstić information content (AvgIpc) is 3.18. The molecule has 2 unspecified atom stereocenters. The second-order valence-corrected chi connectivity index (χ2v) is 9.14. The molecular weight excluding hydrogens is 479 g/mol. The van der Waals surface area contributed by atoms with Crippen LogP contribution in [0.25, 0.3) is 0 Å². The molecule has 1 aromatic carbocycles. The van der Waals surface area contributed by atoms with E-state index in [4.69, 9.17) is 4.99 Å². The van der Waals surface area contributed by atoms with E-state index in [1.165, 1.54) is 43.8 Å². The second kappa shape index (κ2) is 13.0. The summed E-state index contributed by atoms with van der Waals surface area (Å²) >= 11 is 2.12. The Morgan fingerprint density at radius 2 is 2.00 bits per heavy atom. The van der Waals surface area contributed by atoms with Crippen molar-refractivity contribution < 1.29 is 0 Å². The molecule has 0 aliphatic carbocycles. The van der Waals surface area contributed by atoms with Gasteiger partial charge in [0.05, 0.1) is 0 Å². The standard InChI is InChI=1S/C22H36N4S.HI/c1-3-21-18-26(14-15-27-21)22(23-4-2)24-16-20-11-13-25(17-20)12-10-19-8-6-5-7-9-19;/h5-9,20-21H,3-4,10-18H2,1-2H3,(H,23,24);1H. The fourth-order valence-electron chi connectivity index (χ4n) is 4.00. The maximum atomic E-state index is 5.04. The Hall–Kier alpha value is -0.470. The maximum Gasteiger partial charge on any atom is 0.193 e. The number of nitrogens with zero attached hydrogens (tertiary/aromatic N) is 3. The maximum absolute atomic E-state index is 5.04. The minimum atomic E-state index is 0. The van der Waals surface area contributed by atoms with Gasteiger partial charge >= 0.3 is 0 Å². The zero-order chi connectivity index (χ0) is 18.9. The molecule has 158 valence electrons. The lowest BCUT2D eigenvalue weighted by molar-refractivity contribution is 0.329. The molecule has 0 amide bonds. The first-order valence-corrected chi connectivity index (χ1v) is 11.7. The Kier molecular flexibility index (Phi) is 11.0. The van der Waals surface area contributed by atoms with E-state index in [1.54, 1.807) is 0 Å². The van der Waals surface area contributed by atoms with Crippen molar-refractivity contribution in [3.63, 3.8) is 0 Å². The van der Waals surface area contributed by atoms with Crippen molar-refractivity contribution in [1.29, 1.82) is 0 Å². The Morgan fingerprint density at radius 1 is 1.18 bits per heavy atom. The summed E-state index contributed by atoms with van der Waals surface area (Å²) in [5.41, 5.74) is 1.45. The van der Waals surface area contributed by atoms with E-state index >= 15 is 0 Å². The third-order valence-corrected chi connectivity index (χ3v) is 7.03. The van der Waals surface area contributed by atoms with Crippen molar-refractivity contribution in [2.75, 3.05) is 51.6 Å². The van der Waals surface area contributed by atoms with Gasteiger partial charge in [-0.1, -0.05) is 37.3 Å². The number of guanidine groups is 1. The van der Waals surface area contributed by atoms with Gasteiger partial charge in [-0.3, -0.25) is 4.99 Å². The van der Waals surface area contributed by atoms with Crippen molar-refractivity contribution in [1.82, 2.24) is 15.1 Å². The Bertz CT molecular complexity index is 583. The minimum Gasteiger partial charge on any atom is -0.357 e. The van der Waals surface area contributed by atoms with Crippen LogP contribution in [-0.4, -0.2) is 72.6 Å². The van der Waals surface area contributed by atoms with Gasteiger partial charge < -0.3 is 15.1 Å². The van der Waals surface area contributed by atoms with Crippen LogP contribution in [0.15, 0.2) is 35.3 Å². The molecule has 2 atom stereocenters. The third-order valence-electron chi connectivity index (χ3n) is 5.66. The van der Waals surface area contributed by atoms with Gasteiger partial charge in [0.25, 0.3) is 0 Å². The molecule has 1 N–H and O–H groups in total. The number of aliphatic imine (C=N–C) groups is 1. The lowest BCUT2D eigenvalue weighted by atomic mass is 10.1. The number of halogens is 1. The molecule has 4 nitrogen and oxygen atoms in total. The molecule has 0 aromatic heterocycles. The highest BCUT2D eigenvalue weighted by molar-refractivity contribution is 14.0. The highest BCUT2D eigenvalue weighted by Gasteiger charge is 2.24. The van der Waals surface area contributed by atoms with Crippen molar-refractivity contribution in [3.8, 4) is 0 Å². The number of benzene rings is 1. The van der Waals surface area contributed by atoms with Crippen LogP contribution in [0.3, 0.4) is 0 Å². The van der Waals surface area contributed by atoms with Crippen LogP contribution >= 0.6 is 35.7 Å². The number of likely N-dealkylation sites (tertiary alicyclic amines) is 1. The molecule has 0 saturated carbocycles. The van der Waals surface area contributed by atoms with Crippen molar-refractivity contribution in [2.45, 2.75) is 38.4 Å². The van der Waals surface area contributed by atoms with E-state index in [1.807, 2.05) is 0 Å². The molecule has 1 aromatic rings. The minimum absolute atomic E-state index is 0. The molecule has 0 spiro atoms. The van der Waals surface area contributed by atoms with Crippen LogP contribution in [0.2, 0.25) is 0 Å². The molecule has 2 aliphatic heterocycles. The number of rotatable bonds is 7. The summed E-state index contributed by atoms with van der Waals surface area (Å²) in [7, 11) is 0. The molecule has 28 heavy (non-hydrogen) atoms. The van der Waals surface area contributed by atoms with Crippen LogP contribution in [0, 0.1) is 5.92 Å². The molecule has 2 saturated heterocycles. The lowest BCUT2D eigenvalue weighted by Crippen LogP contribution is -2.48. The van der Waals surface area contributed by atoms with E-state index in [2.05, 4.69) is 71.1 Å². The molecule has 0 radical (unpaired) electrons. The monoisotopic (exact) mass is 516 g/mol. The van der Waals surface area contributed by atoms with E-state index in [-0.39, 0.29) is 24.0 Å². The van der Waals surface area contributed by atoms with Crippen molar-refractivity contribution in [2.24, 2.45) is 10.9 Å². The first-order chi connectivity index (χ1) is 13.3. The Labute approximate surface area is 192 Å². The van der Waals surface area contributed by atoms with Crippen LogP contribution in [0.5, 0.6) is 0 Å². The smallest absolute Gasteiger partial charge is 0.193 e. The zero-order valence-electron chi connectivity index (χ0n) is 17.5. The first kappa shape index (κ1) is 23.8. The quantitative estimate of drug-likeness (QED) is 0.338. The first-order valence-electron chi connectivity index (χ1n) is 10.7. The van der Waals surface area contributed by atoms with Crippen molar-refractivity contribution in [3.05, 3.63) is 35.9 Å². The SMILES string of the molecule is CCNC(=NCC1CCN(CCc2ccccc2)C1)N1CCSC(CC)C1.I. The molecule has 2 heterocycles. The summed E-state index contributed by atoms with van der Waals surface area (Å²) in [5, 5.41) is 4.28. The van der Waals surface area contributed by atoms with E-state index < -0.39 is 0 Å². The fourth-order valence-corrected chi connectivity index (χ4v) is 5.18. The normalized spacial score (nSPS) is 23.5. The topological polar surface area (TPSA) is 30.9 Å². The highest BCUT2D eigenvalue weighted by Crippen LogP contribution is 2.22. The van der Waals surface area contributed by atoms with Gasteiger partial charge in [0.2, 0.25) is 0 Å². The van der Waals surface area contributed by atoms with E-state index in [0.717, 1.165) is 43.8 Å². The second-order valence-electron chi connectivity index (χ2n) is 7.73. The Balaban J connectivity index is 0.00000280. The number of hydrogen-bond acceptors (Lipinski definition) is 3. The van der Waals surface area contributed by atoms with Gasteiger partial charge in [0.1, 0.15) is 0 Å². The summed E-state index contributed by atoms with van der Waals surface area (Å²) in [5.74, 6) is 3.06. The summed E-state index contributed by atoms with van der Waals surface area (Å²) in [6, 6.07) is 10.9. The van der Waals surface area contributed by atoms with Gasteiger partial charge in [0.15, 0.2) is 5.96 Å². The summed E-state index contributed by atoms with van der Waals surface area (Å²) < 4.78 is 0. The predicted molar refractivity (Wildman–Crippen MR) is 134 cm³/mol. The van der Waals surface area contributed by atoms with Crippen LogP contribution in [-0.2, 0) is 6.42 Å². The third kappa shape index (κ3) is 7.41. The molecule has 2 aliphatic rings. The largest absolute Gasteiger partial charge is 0.357 e. The van der Waals surface area contributed by atoms with Gasteiger partial charge in [-0.15, -0.1) is 24.0 Å². The molecule has 0 bridgehead atoms. The summed E-state index contributed by atoms with van der Waals surface area (Å²) in [4.78, 5) is 10.1. The van der Waals surface area contributed by atoms with Gasteiger partial charge in [-0.05, 0) is 44.2 Å². The predicted octanol–water partition coefficient (Wildman–Crippen LogP) is 3.96. The summed E-state index contributed by atoms with van der Waals surface area (Å²) in [6.07, 6.45) is 3.69. The number of nitrogens with one attached hydrogen (secondary N) is 1. The molecule has 6 heteroatoms. The Morgan fingerprint density at radius 3 is 2.75 bits per heavy atom. The lowest BCUT2D eigenvalue weighted by Gasteiger charge is -2.34. The summed E-state index contributed by atoms with van der Waals surface area (Å²) in [6.45, 7) is 12.2. The number of hydrogen-bond donors (Lipinski definition) is 1. The van der Waals surface area contributed by atoms with Crippen LogP contribution < -0.4 is 5.32 Å². The van der Waals surface area contributed by atoms with Crippen LogP contribution in [0.1, 0.15) is 32.3 Å². The van der Waals surface area contributed by atoms with Gasteiger partial charge in [-0.2, -0.15) is 11.8 Å². The van der Waals surface area contributed by atoms with E-state index in [0.29, 0.717) is 5.92 Å². The van der Waals surface area contributed by atoms with Gasteiger partial charge in [-0.25, -0.2) is 0 Å². The zero-order valence-corrected chi connectivity index (χ0v) is 20.6. The van der Waals surface area contributed by atoms with Crippen molar-refractivity contribution >= 4 is 41.7 Å². The average molecular weight is 517 g/mol. The molecule has 3 rings (SSSR count). The van der Waals surface area contributed by atoms with E-state index in [9.17, 15) is 0 Å². The van der Waals surface area contributed by atoms with Gasteiger partial charge in [0, 0.05) is 50.3 Å². The molecule has 2 fully saturated rings. The fraction of sp³-hybridized carbons (Fsp3) is 0.682. The van der Waals surface area contributed by atoms with Crippen LogP contribution in [0.4, 0.5) is 0 Å². The highest BCUT2D eigenvalue weighted by atomic mass is 127.